The number of hydrogen-bond donors (Lipinski definition) is 1. The van der Waals surface area contributed by atoms with Gasteiger partial charge in [0.05, 0.1) is 4.90 Å². The number of benzene rings is 2. The van der Waals surface area contributed by atoms with Gasteiger partial charge in [0.25, 0.3) is 0 Å². The Kier molecular flexibility index (Phi) is 6.01. The number of aryl methyl sites for hydroxylation is 1. The summed E-state index contributed by atoms with van der Waals surface area (Å²) in [6.45, 7) is 4.31. The van der Waals surface area contributed by atoms with Crippen molar-refractivity contribution in [2.75, 3.05) is 51.3 Å². The van der Waals surface area contributed by atoms with E-state index in [0.29, 0.717) is 31.3 Å². The van der Waals surface area contributed by atoms with E-state index in [1.165, 1.54) is 16.8 Å². The van der Waals surface area contributed by atoms with Crippen LogP contribution in [0.5, 0.6) is 11.5 Å². The van der Waals surface area contributed by atoms with E-state index in [0.717, 1.165) is 45.3 Å². The number of likely N-dealkylation sites (tertiary alicyclic amines) is 1. The van der Waals surface area contributed by atoms with Gasteiger partial charge in [-0.3, -0.25) is 4.90 Å². The van der Waals surface area contributed by atoms with Crippen molar-refractivity contribution in [1.82, 2.24) is 9.62 Å². The molecule has 0 radical (unpaired) electrons. The molecule has 1 fully saturated rings. The third kappa shape index (κ3) is 4.31. The lowest BCUT2D eigenvalue weighted by atomic mass is 9.96. The van der Waals surface area contributed by atoms with Crippen LogP contribution in [0.1, 0.15) is 36.4 Å². The smallest absolute Gasteiger partial charge is 0.240 e. The summed E-state index contributed by atoms with van der Waals surface area (Å²) in [6, 6.07) is 11.5. The summed E-state index contributed by atoms with van der Waals surface area (Å²) in [6.07, 6.45) is 4.53. The first kappa shape index (κ1) is 21.6. The average molecular weight is 458 g/mol. The maximum Gasteiger partial charge on any atom is 0.240 e. The van der Waals surface area contributed by atoms with Crippen molar-refractivity contribution in [2.24, 2.45) is 0 Å². The van der Waals surface area contributed by atoms with Crippen LogP contribution >= 0.6 is 0 Å². The van der Waals surface area contributed by atoms with Crippen LogP contribution in [-0.2, 0) is 16.4 Å². The summed E-state index contributed by atoms with van der Waals surface area (Å²) < 4.78 is 40.2. The van der Waals surface area contributed by atoms with Crippen molar-refractivity contribution in [1.29, 1.82) is 0 Å². The molecular weight excluding hydrogens is 426 g/mol. The molecule has 7 nitrogen and oxygen atoms in total. The number of hydrogen-bond acceptors (Lipinski definition) is 6. The lowest BCUT2D eigenvalue weighted by Crippen LogP contribution is -2.37. The molecule has 32 heavy (non-hydrogen) atoms. The molecule has 8 heteroatoms. The number of rotatable bonds is 6. The van der Waals surface area contributed by atoms with E-state index in [2.05, 4.69) is 39.8 Å². The standard InChI is InChI=1S/C24H31N3O4S/c1-26-10-4-5-18-15-19(6-8-21(18)26)22(27-11-2-3-12-27)17-25-32(28,29)20-7-9-23-24(16-20)31-14-13-30-23/h6-9,15-16,22,25H,2-5,10-14,17H2,1H3/t22-/m1/s1. The van der Waals surface area contributed by atoms with Crippen LogP contribution in [0.3, 0.4) is 0 Å². The van der Waals surface area contributed by atoms with Crippen molar-refractivity contribution in [2.45, 2.75) is 36.6 Å². The minimum Gasteiger partial charge on any atom is -0.486 e. The van der Waals surface area contributed by atoms with Gasteiger partial charge in [0, 0.05) is 37.9 Å². The maximum absolute atomic E-state index is 13.1. The fraction of sp³-hybridized carbons (Fsp3) is 0.500. The van der Waals surface area contributed by atoms with E-state index >= 15 is 0 Å². The summed E-state index contributed by atoms with van der Waals surface area (Å²) in [4.78, 5) is 4.91. The lowest BCUT2D eigenvalue weighted by Gasteiger charge is -2.32. The Balaban J connectivity index is 1.38. The second-order valence-corrected chi connectivity index (χ2v) is 10.6. The number of nitrogens with one attached hydrogen (secondary N) is 1. The fourth-order valence-electron chi connectivity index (χ4n) is 4.99. The van der Waals surface area contributed by atoms with Crippen LogP contribution in [0.2, 0.25) is 0 Å². The molecular formula is C24H31N3O4S. The average Bonchev–Trinajstić information content (AvgIpc) is 3.33. The molecule has 2 aromatic rings. The van der Waals surface area contributed by atoms with E-state index in [-0.39, 0.29) is 10.9 Å². The van der Waals surface area contributed by atoms with Crippen molar-refractivity contribution in [3.05, 3.63) is 47.5 Å². The van der Waals surface area contributed by atoms with Gasteiger partial charge in [-0.2, -0.15) is 0 Å². The Morgan fingerprint density at radius 3 is 2.56 bits per heavy atom. The normalized spacial score (nSPS) is 19.6. The van der Waals surface area contributed by atoms with Crippen LogP contribution in [0.4, 0.5) is 5.69 Å². The third-order valence-corrected chi connectivity index (χ3v) is 8.13. The molecule has 1 atom stereocenters. The van der Waals surface area contributed by atoms with E-state index < -0.39 is 10.0 Å². The Bertz CT molecular complexity index is 1080. The molecule has 0 saturated carbocycles. The Hall–Kier alpha value is -2.29. The van der Waals surface area contributed by atoms with E-state index in [4.69, 9.17) is 9.47 Å². The predicted molar refractivity (Wildman–Crippen MR) is 124 cm³/mol. The zero-order chi connectivity index (χ0) is 22.1. The summed E-state index contributed by atoms with van der Waals surface area (Å²) in [5, 5.41) is 0. The molecule has 0 bridgehead atoms. The Morgan fingerprint density at radius 2 is 1.75 bits per heavy atom. The van der Waals surface area contributed by atoms with Crippen LogP contribution in [0, 0.1) is 0 Å². The summed E-state index contributed by atoms with van der Waals surface area (Å²) in [5.74, 6) is 1.07. The SMILES string of the molecule is CN1CCCc2cc([C@@H](CNS(=O)(=O)c3ccc4c(c3)OCCO4)N3CCCC3)ccc21. The number of ether oxygens (including phenoxy) is 2. The first-order valence-corrected chi connectivity index (χ1v) is 13.0. The van der Waals surface area contributed by atoms with Gasteiger partial charge >= 0.3 is 0 Å². The highest BCUT2D eigenvalue weighted by molar-refractivity contribution is 7.89. The molecule has 3 aliphatic rings. The maximum atomic E-state index is 13.1. The molecule has 0 aliphatic carbocycles. The van der Waals surface area contributed by atoms with Crippen molar-refractivity contribution in [3.63, 3.8) is 0 Å². The number of fused-ring (bicyclic) bond motifs is 2. The van der Waals surface area contributed by atoms with Crippen molar-refractivity contribution < 1.29 is 17.9 Å². The van der Waals surface area contributed by atoms with Crippen LogP contribution in [0.25, 0.3) is 0 Å². The second kappa shape index (κ2) is 8.92. The molecule has 0 unspecified atom stereocenters. The third-order valence-electron chi connectivity index (χ3n) is 6.71. The summed E-state index contributed by atoms with van der Waals surface area (Å²) in [5.41, 5.74) is 3.83. The first-order chi connectivity index (χ1) is 15.5. The van der Waals surface area contributed by atoms with Gasteiger partial charge < -0.3 is 14.4 Å². The highest BCUT2D eigenvalue weighted by Gasteiger charge is 2.27. The molecule has 3 aliphatic heterocycles. The Morgan fingerprint density at radius 1 is 0.969 bits per heavy atom. The fourth-order valence-corrected chi connectivity index (χ4v) is 6.04. The highest BCUT2D eigenvalue weighted by Crippen LogP contribution is 2.34. The molecule has 3 heterocycles. The van der Waals surface area contributed by atoms with Crippen molar-refractivity contribution in [3.8, 4) is 11.5 Å². The van der Waals surface area contributed by atoms with Gasteiger partial charge in [0.2, 0.25) is 10.0 Å². The minimum absolute atomic E-state index is 0.0158. The van der Waals surface area contributed by atoms with Gasteiger partial charge in [-0.25, -0.2) is 13.1 Å². The molecule has 0 amide bonds. The Labute approximate surface area is 190 Å². The molecule has 1 N–H and O–H groups in total. The van der Waals surface area contributed by atoms with E-state index in [9.17, 15) is 8.42 Å². The first-order valence-electron chi connectivity index (χ1n) is 11.5. The number of anilines is 1. The largest absolute Gasteiger partial charge is 0.486 e. The molecule has 0 spiro atoms. The molecule has 0 aromatic heterocycles. The van der Waals surface area contributed by atoms with Crippen molar-refractivity contribution >= 4 is 15.7 Å². The minimum atomic E-state index is -3.67. The molecule has 172 valence electrons. The number of nitrogens with zero attached hydrogens (tertiary/aromatic N) is 2. The monoisotopic (exact) mass is 457 g/mol. The summed E-state index contributed by atoms with van der Waals surface area (Å²) in [7, 11) is -1.54. The quantitative estimate of drug-likeness (QED) is 0.719. The molecule has 5 rings (SSSR count). The topological polar surface area (TPSA) is 71.1 Å². The van der Waals surface area contributed by atoms with Crippen LogP contribution < -0.4 is 19.1 Å². The van der Waals surface area contributed by atoms with Gasteiger partial charge in [0.15, 0.2) is 11.5 Å². The second-order valence-electron chi connectivity index (χ2n) is 8.83. The van der Waals surface area contributed by atoms with Crippen LogP contribution in [-0.4, -0.2) is 59.8 Å². The van der Waals surface area contributed by atoms with E-state index in [1.807, 2.05) is 0 Å². The molecule has 2 aromatic carbocycles. The molecule has 1 saturated heterocycles. The van der Waals surface area contributed by atoms with Crippen LogP contribution in [0.15, 0.2) is 41.3 Å². The zero-order valence-electron chi connectivity index (χ0n) is 18.5. The van der Waals surface area contributed by atoms with Gasteiger partial charge in [-0.05, 0) is 68.1 Å². The number of sulfonamides is 1. The van der Waals surface area contributed by atoms with Gasteiger partial charge in [-0.15, -0.1) is 0 Å². The summed E-state index contributed by atoms with van der Waals surface area (Å²) >= 11 is 0. The highest BCUT2D eigenvalue weighted by atomic mass is 32.2. The van der Waals surface area contributed by atoms with E-state index in [1.54, 1.807) is 18.2 Å². The lowest BCUT2D eigenvalue weighted by molar-refractivity contribution is 0.171. The zero-order valence-corrected chi connectivity index (χ0v) is 19.4. The van der Waals surface area contributed by atoms with Gasteiger partial charge in [0.1, 0.15) is 13.2 Å². The van der Waals surface area contributed by atoms with Gasteiger partial charge in [-0.1, -0.05) is 12.1 Å². The predicted octanol–water partition coefficient (Wildman–Crippen LogP) is 2.96.